The van der Waals surface area contributed by atoms with Crippen LogP contribution in [-0.2, 0) is 0 Å². The lowest BCUT2D eigenvalue weighted by Gasteiger charge is -2.20. The highest BCUT2D eigenvalue weighted by atomic mass is 19.1. The molecule has 1 aliphatic heterocycles. The number of halogens is 1. The number of carboxylic acid groups (broad SMARTS) is 1. The summed E-state index contributed by atoms with van der Waals surface area (Å²) in [6.45, 7) is 6.95. The Morgan fingerprint density at radius 1 is 1.55 bits per heavy atom. The molecule has 20 heavy (non-hydrogen) atoms. The van der Waals surface area contributed by atoms with E-state index in [0.29, 0.717) is 18.5 Å². The molecule has 1 fully saturated rings. The fourth-order valence-corrected chi connectivity index (χ4v) is 2.63. The van der Waals surface area contributed by atoms with E-state index in [-0.39, 0.29) is 11.3 Å². The predicted octanol–water partition coefficient (Wildman–Crippen LogP) is 2.67. The van der Waals surface area contributed by atoms with Crippen molar-refractivity contribution in [2.75, 3.05) is 25.0 Å². The van der Waals surface area contributed by atoms with Crippen molar-refractivity contribution in [3.63, 3.8) is 0 Å². The number of benzene rings is 1. The van der Waals surface area contributed by atoms with Crippen LogP contribution in [0.5, 0.6) is 0 Å². The average Bonchev–Trinajstić information content (AvgIpc) is 2.86. The fraction of sp³-hybridized carbons (Fsp3) is 0.533. The molecule has 110 valence electrons. The zero-order valence-electron chi connectivity index (χ0n) is 11.9. The van der Waals surface area contributed by atoms with Gasteiger partial charge in [0.1, 0.15) is 5.82 Å². The van der Waals surface area contributed by atoms with E-state index in [1.807, 2.05) is 0 Å². The van der Waals surface area contributed by atoms with E-state index in [2.05, 4.69) is 24.1 Å². The summed E-state index contributed by atoms with van der Waals surface area (Å²) in [6.07, 6.45) is 1.06. The summed E-state index contributed by atoms with van der Waals surface area (Å²) in [5.41, 5.74) is 0.0895. The van der Waals surface area contributed by atoms with E-state index in [1.165, 1.54) is 18.2 Å². The van der Waals surface area contributed by atoms with E-state index < -0.39 is 11.8 Å². The number of hydrogen-bond acceptors (Lipinski definition) is 3. The van der Waals surface area contributed by atoms with Gasteiger partial charge in [0.05, 0.1) is 11.3 Å². The van der Waals surface area contributed by atoms with Crippen LogP contribution in [0.4, 0.5) is 10.1 Å². The molecule has 1 aromatic rings. The molecule has 0 amide bonds. The van der Waals surface area contributed by atoms with Crippen LogP contribution in [0.3, 0.4) is 0 Å². The first-order valence-corrected chi connectivity index (χ1v) is 6.98. The second kappa shape index (κ2) is 6.22. The largest absolute Gasteiger partial charge is 0.478 e. The van der Waals surface area contributed by atoms with E-state index in [0.717, 1.165) is 19.5 Å². The number of likely N-dealkylation sites (tertiary alicyclic amines) is 1. The average molecular weight is 280 g/mol. The van der Waals surface area contributed by atoms with Gasteiger partial charge in [-0.1, -0.05) is 6.07 Å². The smallest absolute Gasteiger partial charge is 0.337 e. The molecule has 1 saturated heterocycles. The lowest BCUT2D eigenvalue weighted by molar-refractivity contribution is 0.0697. The third-order valence-electron chi connectivity index (χ3n) is 3.86. The SMILES string of the molecule is CC(C)N1CCC(CNc2c(F)cccc2C(=O)O)C1. The molecule has 5 heteroatoms. The summed E-state index contributed by atoms with van der Waals surface area (Å²) in [5.74, 6) is -1.19. The molecule has 1 aliphatic rings. The summed E-state index contributed by atoms with van der Waals surface area (Å²) in [6, 6.07) is 4.63. The van der Waals surface area contributed by atoms with Crippen LogP contribution in [-0.4, -0.2) is 41.7 Å². The maximum Gasteiger partial charge on any atom is 0.337 e. The molecule has 0 radical (unpaired) electrons. The van der Waals surface area contributed by atoms with Crippen LogP contribution in [0.25, 0.3) is 0 Å². The van der Waals surface area contributed by atoms with Crippen molar-refractivity contribution in [3.8, 4) is 0 Å². The number of carbonyl (C=O) groups is 1. The highest BCUT2D eigenvalue weighted by molar-refractivity contribution is 5.94. The van der Waals surface area contributed by atoms with E-state index in [1.54, 1.807) is 0 Å². The summed E-state index contributed by atoms with van der Waals surface area (Å²) < 4.78 is 13.8. The number of nitrogens with one attached hydrogen (secondary N) is 1. The van der Waals surface area contributed by atoms with Crippen LogP contribution < -0.4 is 5.32 Å². The lowest BCUT2D eigenvalue weighted by atomic mass is 10.1. The molecule has 1 atom stereocenters. The molecule has 0 aromatic heterocycles. The topological polar surface area (TPSA) is 52.6 Å². The van der Waals surface area contributed by atoms with Gasteiger partial charge in [0.15, 0.2) is 0 Å². The summed E-state index contributed by atoms with van der Waals surface area (Å²) >= 11 is 0. The Morgan fingerprint density at radius 2 is 2.30 bits per heavy atom. The Labute approximate surface area is 118 Å². The molecule has 2 N–H and O–H groups in total. The number of hydrogen-bond donors (Lipinski definition) is 2. The molecule has 1 unspecified atom stereocenters. The summed E-state index contributed by atoms with van der Waals surface area (Å²) in [7, 11) is 0. The second-order valence-corrected chi connectivity index (χ2v) is 5.59. The van der Waals surface area contributed by atoms with Crippen molar-refractivity contribution in [2.24, 2.45) is 5.92 Å². The van der Waals surface area contributed by atoms with Gasteiger partial charge < -0.3 is 15.3 Å². The molecular formula is C15H21FN2O2. The third-order valence-corrected chi connectivity index (χ3v) is 3.86. The number of nitrogens with zero attached hydrogens (tertiary/aromatic N) is 1. The van der Waals surface area contributed by atoms with Gasteiger partial charge in [0.25, 0.3) is 0 Å². The third kappa shape index (κ3) is 3.28. The normalized spacial score (nSPS) is 19.5. The highest BCUT2D eigenvalue weighted by Gasteiger charge is 2.24. The Kier molecular flexibility index (Phi) is 4.60. The Bertz CT molecular complexity index is 491. The van der Waals surface area contributed by atoms with E-state index >= 15 is 0 Å². The maximum atomic E-state index is 13.8. The molecule has 0 saturated carbocycles. The van der Waals surface area contributed by atoms with E-state index in [4.69, 9.17) is 5.11 Å². The zero-order chi connectivity index (χ0) is 14.7. The van der Waals surface area contributed by atoms with Crippen LogP contribution in [0.1, 0.15) is 30.6 Å². The standard InChI is InChI=1S/C15H21FN2O2/c1-10(2)18-7-6-11(9-18)8-17-14-12(15(19)20)4-3-5-13(14)16/h3-5,10-11,17H,6-9H2,1-2H3,(H,19,20). The predicted molar refractivity (Wildman–Crippen MR) is 76.7 cm³/mol. The number of aromatic carboxylic acids is 1. The van der Waals surface area contributed by atoms with Crippen molar-refractivity contribution in [2.45, 2.75) is 26.3 Å². The first kappa shape index (κ1) is 14.8. The van der Waals surface area contributed by atoms with Crippen molar-refractivity contribution < 1.29 is 14.3 Å². The number of anilines is 1. The van der Waals surface area contributed by atoms with Gasteiger partial charge in [0, 0.05) is 19.1 Å². The van der Waals surface area contributed by atoms with Gasteiger partial charge in [-0.3, -0.25) is 0 Å². The van der Waals surface area contributed by atoms with Gasteiger partial charge in [-0.15, -0.1) is 0 Å². The zero-order valence-corrected chi connectivity index (χ0v) is 11.9. The van der Waals surface area contributed by atoms with Crippen LogP contribution in [0.2, 0.25) is 0 Å². The van der Waals surface area contributed by atoms with Crippen molar-refractivity contribution in [3.05, 3.63) is 29.6 Å². The quantitative estimate of drug-likeness (QED) is 0.870. The summed E-state index contributed by atoms with van der Waals surface area (Å²) in [4.78, 5) is 13.5. The minimum absolute atomic E-state index is 0.0105. The molecule has 4 nitrogen and oxygen atoms in total. The van der Waals surface area contributed by atoms with Crippen LogP contribution in [0, 0.1) is 11.7 Å². The molecule has 0 aliphatic carbocycles. The number of rotatable bonds is 5. The highest BCUT2D eigenvalue weighted by Crippen LogP contribution is 2.23. The Hall–Kier alpha value is -1.62. The Morgan fingerprint density at radius 3 is 2.90 bits per heavy atom. The minimum atomic E-state index is -1.11. The molecule has 1 aromatic carbocycles. The molecule has 2 rings (SSSR count). The van der Waals surface area contributed by atoms with Crippen LogP contribution >= 0.6 is 0 Å². The fourth-order valence-electron chi connectivity index (χ4n) is 2.63. The van der Waals surface area contributed by atoms with Crippen molar-refractivity contribution >= 4 is 11.7 Å². The summed E-state index contributed by atoms with van der Waals surface area (Å²) in [5, 5.41) is 12.1. The first-order valence-electron chi connectivity index (χ1n) is 6.98. The van der Waals surface area contributed by atoms with Crippen molar-refractivity contribution in [1.29, 1.82) is 0 Å². The minimum Gasteiger partial charge on any atom is -0.478 e. The molecular weight excluding hydrogens is 259 g/mol. The van der Waals surface area contributed by atoms with Gasteiger partial charge in [0.2, 0.25) is 0 Å². The van der Waals surface area contributed by atoms with Crippen LogP contribution in [0.15, 0.2) is 18.2 Å². The lowest BCUT2D eigenvalue weighted by Crippen LogP contribution is -2.29. The molecule has 1 heterocycles. The molecule has 0 spiro atoms. The van der Waals surface area contributed by atoms with Gasteiger partial charge >= 0.3 is 5.97 Å². The number of para-hydroxylation sites is 1. The van der Waals surface area contributed by atoms with Gasteiger partial charge in [-0.25, -0.2) is 9.18 Å². The Balaban J connectivity index is 2.00. The van der Waals surface area contributed by atoms with Gasteiger partial charge in [-0.05, 0) is 44.9 Å². The first-order chi connectivity index (χ1) is 9.49. The number of carboxylic acids is 1. The second-order valence-electron chi connectivity index (χ2n) is 5.59. The molecule has 0 bridgehead atoms. The monoisotopic (exact) mass is 280 g/mol. The van der Waals surface area contributed by atoms with Gasteiger partial charge in [-0.2, -0.15) is 0 Å². The van der Waals surface area contributed by atoms with Crippen molar-refractivity contribution in [1.82, 2.24) is 4.90 Å². The van der Waals surface area contributed by atoms with E-state index in [9.17, 15) is 9.18 Å². The maximum absolute atomic E-state index is 13.8.